The molecule has 1 aromatic carbocycles. The van der Waals surface area contributed by atoms with Gasteiger partial charge in [-0.25, -0.2) is 13.2 Å². The van der Waals surface area contributed by atoms with E-state index in [4.69, 9.17) is 10.5 Å². The topological polar surface area (TPSA) is 89.7 Å². The minimum absolute atomic E-state index is 0. The second kappa shape index (κ2) is 7.82. The van der Waals surface area contributed by atoms with Crippen molar-refractivity contribution < 1.29 is 17.9 Å². The molecule has 1 fully saturated rings. The number of sulfonamides is 1. The maximum absolute atomic E-state index is 12.8. The third-order valence-corrected chi connectivity index (χ3v) is 6.10. The third-order valence-electron chi connectivity index (χ3n) is 4.26. The SMILES string of the molecule is CCOC(=O)c1cccc(S(=O)(=O)N2CCC(N)C(C)(C)C2)c1.Cl. The average Bonchev–Trinajstić information content (AvgIpc) is 2.50. The van der Waals surface area contributed by atoms with Crippen LogP contribution < -0.4 is 5.73 Å². The highest BCUT2D eigenvalue weighted by Crippen LogP contribution is 2.31. The van der Waals surface area contributed by atoms with E-state index in [0.29, 0.717) is 19.5 Å². The van der Waals surface area contributed by atoms with Gasteiger partial charge in [0.1, 0.15) is 0 Å². The number of halogens is 1. The van der Waals surface area contributed by atoms with E-state index < -0.39 is 16.0 Å². The number of rotatable bonds is 4. The molecule has 0 bridgehead atoms. The zero-order valence-electron chi connectivity index (χ0n) is 14.2. The van der Waals surface area contributed by atoms with Crippen molar-refractivity contribution in [3.63, 3.8) is 0 Å². The molecule has 1 aromatic rings. The zero-order valence-corrected chi connectivity index (χ0v) is 15.8. The lowest BCUT2D eigenvalue weighted by Crippen LogP contribution is -2.53. The number of esters is 1. The predicted octanol–water partition coefficient (Wildman–Crippen LogP) is 2.03. The summed E-state index contributed by atoms with van der Waals surface area (Å²) in [7, 11) is -3.66. The minimum atomic E-state index is -3.66. The second-order valence-corrected chi connectivity index (χ2v) is 8.41. The van der Waals surface area contributed by atoms with Crippen molar-refractivity contribution in [3.05, 3.63) is 29.8 Å². The van der Waals surface area contributed by atoms with Gasteiger partial charge in [-0.15, -0.1) is 12.4 Å². The third kappa shape index (κ3) is 4.27. The van der Waals surface area contributed by atoms with Gasteiger partial charge < -0.3 is 10.5 Å². The van der Waals surface area contributed by atoms with Crippen LogP contribution in [0.2, 0.25) is 0 Å². The molecule has 0 aliphatic carbocycles. The fourth-order valence-electron chi connectivity index (χ4n) is 2.68. The van der Waals surface area contributed by atoms with Crippen molar-refractivity contribution in [1.82, 2.24) is 4.31 Å². The molecule has 2 rings (SSSR count). The van der Waals surface area contributed by atoms with Crippen molar-refractivity contribution >= 4 is 28.4 Å². The van der Waals surface area contributed by atoms with E-state index in [1.165, 1.54) is 16.4 Å². The summed E-state index contributed by atoms with van der Waals surface area (Å²) in [5, 5.41) is 0. The molecule has 136 valence electrons. The number of piperidine rings is 1. The van der Waals surface area contributed by atoms with E-state index in [1.807, 2.05) is 13.8 Å². The Morgan fingerprint density at radius 3 is 2.67 bits per heavy atom. The molecule has 1 heterocycles. The Hall–Kier alpha value is -1.15. The van der Waals surface area contributed by atoms with Crippen LogP contribution in [0, 0.1) is 5.41 Å². The zero-order chi connectivity index (χ0) is 17.3. The largest absolute Gasteiger partial charge is 0.462 e. The number of hydrogen-bond donors (Lipinski definition) is 1. The van der Waals surface area contributed by atoms with Crippen LogP contribution in [0.4, 0.5) is 0 Å². The van der Waals surface area contributed by atoms with Gasteiger partial charge >= 0.3 is 5.97 Å². The summed E-state index contributed by atoms with van der Waals surface area (Å²) >= 11 is 0. The number of nitrogens with two attached hydrogens (primary N) is 1. The van der Waals surface area contributed by atoms with Gasteiger partial charge in [0.25, 0.3) is 0 Å². The molecule has 8 heteroatoms. The molecule has 2 N–H and O–H groups in total. The molecule has 6 nitrogen and oxygen atoms in total. The maximum atomic E-state index is 12.8. The summed E-state index contributed by atoms with van der Waals surface area (Å²) in [6, 6.07) is 5.95. The van der Waals surface area contributed by atoms with Crippen LogP contribution in [-0.4, -0.2) is 44.4 Å². The Morgan fingerprint density at radius 2 is 2.08 bits per heavy atom. The Morgan fingerprint density at radius 1 is 1.42 bits per heavy atom. The molecular weight excluding hydrogens is 352 g/mol. The van der Waals surface area contributed by atoms with Crippen LogP contribution in [0.5, 0.6) is 0 Å². The van der Waals surface area contributed by atoms with Crippen molar-refractivity contribution in [1.29, 1.82) is 0 Å². The van der Waals surface area contributed by atoms with Crippen molar-refractivity contribution in [3.8, 4) is 0 Å². The monoisotopic (exact) mass is 376 g/mol. The maximum Gasteiger partial charge on any atom is 0.338 e. The van der Waals surface area contributed by atoms with Crippen molar-refractivity contribution in [2.24, 2.45) is 11.1 Å². The molecule has 1 aliphatic heterocycles. The number of carbonyl (C=O) groups excluding carboxylic acids is 1. The smallest absolute Gasteiger partial charge is 0.338 e. The van der Waals surface area contributed by atoms with Gasteiger partial charge in [-0.2, -0.15) is 4.31 Å². The van der Waals surface area contributed by atoms with Gasteiger partial charge in [-0.1, -0.05) is 19.9 Å². The van der Waals surface area contributed by atoms with Gasteiger partial charge in [-0.05, 0) is 37.0 Å². The summed E-state index contributed by atoms with van der Waals surface area (Å²) in [5.41, 5.74) is 6.02. The van der Waals surface area contributed by atoms with Crippen molar-refractivity contribution in [2.75, 3.05) is 19.7 Å². The van der Waals surface area contributed by atoms with Crippen LogP contribution in [0.15, 0.2) is 29.2 Å². The quantitative estimate of drug-likeness (QED) is 0.812. The van der Waals surface area contributed by atoms with E-state index in [1.54, 1.807) is 19.1 Å². The number of nitrogens with zero attached hydrogens (tertiary/aromatic N) is 1. The van der Waals surface area contributed by atoms with E-state index in [9.17, 15) is 13.2 Å². The average molecular weight is 377 g/mol. The van der Waals surface area contributed by atoms with Gasteiger partial charge in [-0.3, -0.25) is 0 Å². The fraction of sp³-hybridized carbons (Fsp3) is 0.562. The highest BCUT2D eigenvalue weighted by Gasteiger charge is 2.38. The molecule has 1 aliphatic rings. The summed E-state index contributed by atoms with van der Waals surface area (Å²) in [4.78, 5) is 11.9. The molecule has 0 amide bonds. The first-order chi connectivity index (χ1) is 10.7. The lowest BCUT2D eigenvalue weighted by atomic mass is 9.81. The second-order valence-electron chi connectivity index (χ2n) is 6.47. The molecule has 1 unspecified atom stereocenters. The van der Waals surface area contributed by atoms with E-state index >= 15 is 0 Å². The van der Waals surface area contributed by atoms with E-state index in [-0.39, 0.29) is 40.9 Å². The van der Waals surface area contributed by atoms with Gasteiger partial charge in [0.05, 0.1) is 17.1 Å². The molecule has 0 spiro atoms. The summed E-state index contributed by atoms with van der Waals surface area (Å²) < 4.78 is 32.1. The lowest BCUT2D eigenvalue weighted by molar-refractivity contribution is 0.0526. The van der Waals surface area contributed by atoms with Crippen LogP contribution >= 0.6 is 12.4 Å². The predicted molar refractivity (Wildman–Crippen MR) is 94.8 cm³/mol. The minimum Gasteiger partial charge on any atom is -0.462 e. The first kappa shape index (κ1) is 20.9. The highest BCUT2D eigenvalue weighted by molar-refractivity contribution is 7.89. The first-order valence-corrected chi connectivity index (χ1v) is 9.15. The number of carbonyl (C=O) groups is 1. The Bertz CT molecular complexity index is 691. The molecule has 1 atom stereocenters. The highest BCUT2D eigenvalue weighted by atomic mass is 35.5. The molecule has 0 radical (unpaired) electrons. The van der Waals surface area contributed by atoms with Crippen LogP contribution in [0.1, 0.15) is 37.6 Å². The van der Waals surface area contributed by atoms with Crippen molar-refractivity contribution in [2.45, 2.75) is 38.1 Å². The Kier molecular flexibility index (Phi) is 6.81. The standard InChI is InChI=1S/C16H24N2O4S.ClH/c1-4-22-15(19)12-6-5-7-13(10-12)23(20,21)18-9-8-14(17)16(2,3)11-18;/h5-7,10,14H,4,8-9,11,17H2,1-3H3;1H. The Balaban J connectivity index is 0.00000288. The molecular formula is C16H25ClN2O4S. The van der Waals surface area contributed by atoms with Gasteiger partial charge in [0.2, 0.25) is 10.0 Å². The lowest BCUT2D eigenvalue weighted by Gasteiger charge is -2.41. The van der Waals surface area contributed by atoms with E-state index in [2.05, 4.69) is 0 Å². The number of hydrogen-bond acceptors (Lipinski definition) is 5. The molecule has 0 saturated carbocycles. The van der Waals surface area contributed by atoms with E-state index in [0.717, 1.165) is 0 Å². The normalized spacial score (nSPS) is 20.9. The van der Waals surface area contributed by atoms with Crippen LogP contribution in [0.25, 0.3) is 0 Å². The van der Waals surface area contributed by atoms with Crippen LogP contribution in [0.3, 0.4) is 0 Å². The molecule has 24 heavy (non-hydrogen) atoms. The van der Waals surface area contributed by atoms with Gasteiger partial charge in [0, 0.05) is 19.1 Å². The fourth-order valence-corrected chi connectivity index (χ4v) is 4.35. The Labute approximate surface area is 149 Å². The summed E-state index contributed by atoms with van der Waals surface area (Å²) in [6.07, 6.45) is 0.615. The molecule has 1 saturated heterocycles. The first-order valence-electron chi connectivity index (χ1n) is 7.71. The molecule has 0 aromatic heterocycles. The van der Waals surface area contributed by atoms with Crippen LogP contribution in [-0.2, 0) is 14.8 Å². The summed E-state index contributed by atoms with van der Waals surface area (Å²) in [6.45, 7) is 6.63. The number of ether oxygens (including phenoxy) is 1. The summed E-state index contributed by atoms with van der Waals surface area (Å²) in [5.74, 6) is -0.523. The number of benzene rings is 1. The van der Waals surface area contributed by atoms with Gasteiger partial charge in [0.15, 0.2) is 0 Å².